The molecule has 0 heterocycles. The number of benzene rings is 2. The molecule has 0 aliphatic carbocycles. The van der Waals surface area contributed by atoms with Gasteiger partial charge in [-0.2, -0.15) is 13.2 Å². The first kappa shape index (κ1) is 17.5. The minimum absolute atomic E-state index is 0.442. The highest BCUT2D eigenvalue weighted by Gasteiger charge is 2.35. The van der Waals surface area contributed by atoms with Gasteiger partial charge in [0.2, 0.25) is 0 Å². The number of rotatable bonds is 3. The standard InChI is InChI=1S/C14H11F3O4S2/c1-10-2-6-12(7-3-10)22(18,19)23(20,21)13-8-4-11(5-9-13)14(15,16)17/h2-9H,1H3. The molecule has 0 spiro atoms. The molecule has 4 nitrogen and oxygen atoms in total. The minimum Gasteiger partial charge on any atom is -0.207 e. The monoisotopic (exact) mass is 364 g/mol. The lowest BCUT2D eigenvalue weighted by atomic mass is 10.2. The van der Waals surface area contributed by atoms with Crippen molar-refractivity contribution in [3.63, 3.8) is 0 Å². The lowest BCUT2D eigenvalue weighted by Crippen LogP contribution is -2.16. The third kappa shape index (κ3) is 3.25. The highest BCUT2D eigenvalue weighted by Crippen LogP contribution is 2.31. The molecule has 0 bridgehead atoms. The normalized spacial score (nSPS) is 13.0. The van der Waals surface area contributed by atoms with E-state index in [9.17, 15) is 30.0 Å². The van der Waals surface area contributed by atoms with Crippen molar-refractivity contribution >= 4 is 17.7 Å². The summed E-state index contributed by atoms with van der Waals surface area (Å²) in [4.78, 5) is -1.16. The second kappa shape index (κ2) is 5.64. The van der Waals surface area contributed by atoms with Crippen LogP contribution < -0.4 is 0 Å². The van der Waals surface area contributed by atoms with Crippen molar-refractivity contribution < 1.29 is 30.0 Å². The zero-order valence-electron chi connectivity index (χ0n) is 11.7. The van der Waals surface area contributed by atoms with Crippen LogP contribution in [0.3, 0.4) is 0 Å². The van der Waals surface area contributed by atoms with Gasteiger partial charge < -0.3 is 0 Å². The zero-order chi connectivity index (χ0) is 17.5. The van der Waals surface area contributed by atoms with Gasteiger partial charge in [-0.05, 0) is 43.3 Å². The summed E-state index contributed by atoms with van der Waals surface area (Å²) in [6.07, 6.45) is -4.64. The molecule has 0 unspecified atom stereocenters. The molecule has 0 aliphatic rings. The lowest BCUT2D eigenvalue weighted by molar-refractivity contribution is -0.137. The lowest BCUT2D eigenvalue weighted by Gasteiger charge is -2.09. The van der Waals surface area contributed by atoms with Crippen LogP contribution >= 0.6 is 0 Å². The highest BCUT2D eigenvalue weighted by molar-refractivity contribution is 8.67. The van der Waals surface area contributed by atoms with Gasteiger partial charge in [-0.15, -0.1) is 0 Å². The number of alkyl halides is 3. The molecule has 0 saturated carbocycles. The molecular formula is C14H11F3O4S2. The summed E-state index contributed by atoms with van der Waals surface area (Å²) in [6, 6.07) is 7.42. The first-order valence-electron chi connectivity index (χ1n) is 6.20. The van der Waals surface area contributed by atoms with Crippen LogP contribution in [0.5, 0.6) is 0 Å². The molecule has 0 amide bonds. The van der Waals surface area contributed by atoms with Crippen LogP contribution in [0.2, 0.25) is 0 Å². The second-order valence-corrected chi connectivity index (χ2v) is 10.1. The van der Waals surface area contributed by atoms with Crippen LogP contribution in [-0.4, -0.2) is 16.8 Å². The van der Waals surface area contributed by atoms with E-state index in [1.807, 2.05) is 0 Å². The Hall–Kier alpha value is -1.87. The van der Waals surface area contributed by atoms with Crippen molar-refractivity contribution in [3.05, 3.63) is 59.7 Å². The summed E-state index contributed by atoms with van der Waals surface area (Å²) in [5, 5.41) is 0. The van der Waals surface area contributed by atoms with Crippen molar-refractivity contribution in [2.75, 3.05) is 0 Å². The van der Waals surface area contributed by atoms with Gasteiger partial charge in [0.1, 0.15) is 0 Å². The maximum absolute atomic E-state index is 12.5. The van der Waals surface area contributed by atoms with Crippen molar-refractivity contribution in [3.8, 4) is 0 Å². The second-order valence-electron chi connectivity index (χ2n) is 4.74. The van der Waals surface area contributed by atoms with E-state index in [0.29, 0.717) is 24.3 Å². The Bertz CT molecular complexity index is 911. The molecule has 2 aromatic carbocycles. The van der Waals surface area contributed by atoms with E-state index >= 15 is 0 Å². The Balaban J connectivity index is 2.51. The SMILES string of the molecule is Cc1ccc(S(=O)(=O)S(=O)(=O)c2ccc(C(F)(F)F)cc2)cc1. The molecule has 0 atom stereocenters. The first-order chi connectivity index (χ1) is 10.5. The van der Waals surface area contributed by atoms with E-state index in [1.165, 1.54) is 12.1 Å². The van der Waals surface area contributed by atoms with Crippen LogP contribution in [0.25, 0.3) is 0 Å². The molecule has 0 saturated heterocycles. The third-order valence-electron chi connectivity index (χ3n) is 3.07. The van der Waals surface area contributed by atoms with Gasteiger partial charge in [-0.3, -0.25) is 0 Å². The van der Waals surface area contributed by atoms with E-state index in [-0.39, 0.29) is 0 Å². The van der Waals surface area contributed by atoms with Gasteiger partial charge >= 0.3 is 6.18 Å². The number of halogens is 3. The fourth-order valence-electron chi connectivity index (χ4n) is 1.77. The maximum atomic E-state index is 12.5. The summed E-state index contributed by atoms with van der Waals surface area (Å²) < 4.78 is 86.4. The Kier molecular flexibility index (Phi) is 4.29. The molecule has 0 aromatic heterocycles. The fraction of sp³-hybridized carbons (Fsp3) is 0.143. The summed E-state index contributed by atoms with van der Waals surface area (Å²) in [5.41, 5.74) is -0.333. The van der Waals surface area contributed by atoms with Crippen LogP contribution in [-0.2, 0) is 23.9 Å². The Labute approximate surface area is 130 Å². The van der Waals surface area contributed by atoms with Crippen LogP contribution in [0.1, 0.15) is 11.1 Å². The predicted molar refractivity (Wildman–Crippen MR) is 77.0 cm³/mol. The number of hydrogen-bond donors (Lipinski definition) is 0. The van der Waals surface area contributed by atoms with E-state index < -0.39 is 39.3 Å². The molecule has 23 heavy (non-hydrogen) atoms. The highest BCUT2D eigenvalue weighted by atomic mass is 33.2. The number of hydrogen-bond acceptors (Lipinski definition) is 4. The Morgan fingerprint density at radius 2 is 1.04 bits per heavy atom. The summed E-state index contributed by atoms with van der Waals surface area (Å²) >= 11 is 0. The fourth-order valence-corrected chi connectivity index (χ4v) is 5.40. The van der Waals surface area contributed by atoms with Crippen molar-refractivity contribution in [2.45, 2.75) is 22.9 Å². The largest absolute Gasteiger partial charge is 0.416 e. The van der Waals surface area contributed by atoms with Gasteiger partial charge in [0.15, 0.2) is 0 Å². The van der Waals surface area contributed by atoms with Crippen molar-refractivity contribution in [1.82, 2.24) is 0 Å². The van der Waals surface area contributed by atoms with E-state index in [1.54, 1.807) is 6.92 Å². The van der Waals surface area contributed by atoms with Gasteiger partial charge in [-0.1, -0.05) is 17.7 Å². The first-order valence-corrected chi connectivity index (χ1v) is 9.68. The molecule has 2 aromatic rings. The van der Waals surface area contributed by atoms with Crippen LogP contribution in [0.4, 0.5) is 13.2 Å². The van der Waals surface area contributed by atoms with Gasteiger partial charge in [0.25, 0.3) is 17.7 Å². The van der Waals surface area contributed by atoms with Crippen LogP contribution in [0.15, 0.2) is 58.3 Å². The summed E-state index contributed by atoms with van der Waals surface area (Å²) in [5.74, 6) is 0. The van der Waals surface area contributed by atoms with E-state index in [2.05, 4.69) is 0 Å². The smallest absolute Gasteiger partial charge is 0.207 e. The van der Waals surface area contributed by atoms with Gasteiger partial charge in [0.05, 0.1) is 15.4 Å². The number of aryl methyl sites for hydroxylation is 1. The van der Waals surface area contributed by atoms with Gasteiger partial charge in [-0.25, -0.2) is 16.8 Å². The average Bonchev–Trinajstić information content (AvgIpc) is 2.46. The van der Waals surface area contributed by atoms with Crippen molar-refractivity contribution in [2.24, 2.45) is 0 Å². The predicted octanol–water partition coefficient (Wildman–Crippen LogP) is 3.18. The summed E-state index contributed by atoms with van der Waals surface area (Å²) in [7, 11) is -9.63. The molecule has 0 aliphatic heterocycles. The van der Waals surface area contributed by atoms with Gasteiger partial charge in [0, 0.05) is 0 Å². The molecule has 0 N–H and O–H groups in total. The Morgan fingerprint density at radius 1 is 0.696 bits per heavy atom. The molecule has 9 heteroatoms. The topological polar surface area (TPSA) is 68.3 Å². The quantitative estimate of drug-likeness (QED) is 0.785. The summed E-state index contributed by atoms with van der Waals surface area (Å²) in [6.45, 7) is 1.70. The molecular weight excluding hydrogens is 353 g/mol. The minimum atomic E-state index is -4.86. The van der Waals surface area contributed by atoms with E-state index in [4.69, 9.17) is 0 Å². The van der Waals surface area contributed by atoms with E-state index in [0.717, 1.165) is 17.7 Å². The Morgan fingerprint density at radius 3 is 1.39 bits per heavy atom. The maximum Gasteiger partial charge on any atom is 0.416 e. The van der Waals surface area contributed by atoms with Crippen molar-refractivity contribution in [1.29, 1.82) is 0 Å². The van der Waals surface area contributed by atoms with Crippen LogP contribution in [0, 0.1) is 6.92 Å². The third-order valence-corrected chi connectivity index (χ3v) is 8.23. The molecule has 0 radical (unpaired) electrons. The molecule has 0 fully saturated rings. The molecule has 124 valence electrons. The average molecular weight is 364 g/mol. The zero-order valence-corrected chi connectivity index (χ0v) is 13.3. The molecule has 2 rings (SSSR count).